The first kappa shape index (κ1) is 19.9. The van der Waals surface area contributed by atoms with E-state index in [1.165, 1.54) is 11.1 Å². The van der Waals surface area contributed by atoms with Gasteiger partial charge >= 0.3 is 0 Å². The lowest BCUT2D eigenvalue weighted by Gasteiger charge is -2.13. The van der Waals surface area contributed by atoms with Crippen LogP contribution in [0.4, 0.5) is 0 Å². The van der Waals surface area contributed by atoms with E-state index in [-0.39, 0.29) is 6.10 Å². The second-order valence-electron chi connectivity index (χ2n) is 6.83. The van der Waals surface area contributed by atoms with E-state index in [2.05, 4.69) is 55.5 Å². The Hall–Kier alpha value is -2.84. The summed E-state index contributed by atoms with van der Waals surface area (Å²) in [6.45, 7) is 3.41. The Morgan fingerprint density at radius 1 is 0.750 bits per heavy atom. The second kappa shape index (κ2) is 11.1. The Balaban J connectivity index is 1.52. The quantitative estimate of drug-likeness (QED) is 0.396. The zero-order valence-corrected chi connectivity index (χ0v) is 16.5. The van der Waals surface area contributed by atoms with Crippen LogP contribution in [-0.4, -0.2) is 6.10 Å². The molecule has 0 aliphatic carbocycles. The molecule has 0 bridgehead atoms. The Kier molecular flexibility index (Phi) is 7.90. The van der Waals surface area contributed by atoms with Crippen molar-refractivity contribution in [3.63, 3.8) is 0 Å². The minimum atomic E-state index is 0.124. The second-order valence-corrected chi connectivity index (χ2v) is 6.83. The molecule has 1 atom stereocenters. The lowest BCUT2D eigenvalue weighted by molar-refractivity contribution is 0.0665. The molecule has 0 aliphatic rings. The maximum absolute atomic E-state index is 6.09. The summed E-state index contributed by atoms with van der Waals surface area (Å²) in [6, 6.07) is 28.7. The van der Waals surface area contributed by atoms with Crippen LogP contribution < -0.4 is 4.74 Å². The predicted molar refractivity (Wildman–Crippen MR) is 116 cm³/mol. The third-order valence-electron chi connectivity index (χ3n) is 4.51. The molecule has 28 heavy (non-hydrogen) atoms. The molecule has 0 N–H and O–H groups in total. The van der Waals surface area contributed by atoms with E-state index in [4.69, 9.17) is 9.47 Å². The van der Waals surface area contributed by atoms with Crippen molar-refractivity contribution in [3.8, 4) is 5.75 Å². The first-order valence-corrected chi connectivity index (χ1v) is 9.94. The van der Waals surface area contributed by atoms with E-state index in [9.17, 15) is 0 Å². The van der Waals surface area contributed by atoms with Crippen LogP contribution in [0.2, 0.25) is 0 Å². The highest BCUT2D eigenvalue weighted by molar-refractivity contribution is 5.51. The van der Waals surface area contributed by atoms with Crippen LogP contribution in [0.5, 0.6) is 5.75 Å². The van der Waals surface area contributed by atoms with Crippen molar-refractivity contribution in [1.29, 1.82) is 0 Å². The van der Waals surface area contributed by atoms with Crippen molar-refractivity contribution >= 4 is 6.08 Å². The fourth-order valence-electron chi connectivity index (χ4n) is 2.93. The third kappa shape index (κ3) is 6.71. The van der Waals surface area contributed by atoms with Crippen LogP contribution in [-0.2, 0) is 18.0 Å². The summed E-state index contributed by atoms with van der Waals surface area (Å²) in [5, 5.41) is 0. The van der Waals surface area contributed by atoms with E-state index in [1.807, 2.05) is 48.5 Å². The molecule has 0 heterocycles. The van der Waals surface area contributed by atoms with Crippen LogP contribution in [0, 0.1) is 0 Å². The molecule has 3 rings (SSSR count). The van der Waals surface area contributed by atoms with Gasteiger partial charge in [-0.05, 0) is 35.2 Å². The van der Waals surface area contributed by atoms with E-state index in [1.54, 1.807) is 0 Å². The highest BCUT2D eigenvalue weighted by atomic mass is 16.5. The number of hydrogen-bond acceptors (Lipinski definition) is 2. The van der Waals surface area contributed by atoms with Gasteiger partial charge in [0.2, 0.25) is 0 Å². The molecule has 0 aliphatic heterocycles. The molecule has 0 aromatic heterocycles. The molecular formula is C26H28O2. The number of ether oxygens (including phenoxy) is 2. The molecule has 0 spiro atoms. The molecule has 0 unspecified atom stereocenters. The molecule has 2 nitrogen and oxygen atoms in total. The standard InChI is InChI=1S/C26H28O2/c1-2-9-25(27-20-23-10-5-3-6-11-23)17-14-22-15-18-26(19-16-22)28-21-24-12-7-4-8-13-24/h3-8,10-19,25H,2,9,20-21H2,1H3/b17-14+/t25-/m1/s1. The Bertz CT molecular complexity index is 823. The molecule has 3 aromatic carbocycles. The van der Waals surface area contributed by atoms with Crippen LogP contribution in [0.15, 0.2) is 91.0 Å². The summed E-state index contributed by atoms with van der Waals surface area (Å²) >= 11 is 0. The highest BCUT2D eigenvalue weighted by Crippen LogP contribution is 2.16. The molecule has 0 radical (unpaired) electrons. The molecule has 0 saturated carbocycles. The monoisotopic (exact) mass is 372 g/mol. The first-order valence-electron chi connectivity index (χ1n) is 9.94. The fraction of sp³-hybridized carbons (Fsp3) is 0.231. The fourth-order valence-corrected chi connectivity index (χ4v) is 2.93. The summed E-state index contributed by atoms with van der Waals surface area (Å²) in [5.41, 5.74) is 3.53. The van der Waals surface area contributed by atoms with E-state index < -0.39 is 0 Å². The minimum Gasteiger partial charge on any atom is -0.489 e. The topological polar surface area (TPSA) is 18.5 Å². The van der Waals surface area contributed by atoms with Crippen LogP contribution in [0.1, 0.15) is 36.5 Å². The van der Waals surface area contributed by atoms with Crippen molar-refractivity contribution in [1.82, 2.24) is 0 Å². The van der Waals surface area contributed by atoms with Gasteiger partial charge in [-0.25, -0.2) is 0 Å². The summed E-state index contributed by atoms with van der Waals surface area (Å²) in [4.78, 5) is 0. The minimum absolute atomic E-state index is 0.124. The number of benzene rings is 3. The van der Waals surface area contributed by atoms with E-state index >= 15 is 0 Å². The zero-order valence-electron chi connectivity index (χ0n) is 16.5. The molecule has 2 heteroatoms. The molecule has 0 amide bonds. The molecular weight excluding hydrogens is 344 g/mol. The molecule has 3 aromatic rings. The molecule has 0 fully saturated rings. The van der Waals surface area contributed by atoms with Gasteiger partial charge in [0.25, 0.3) is 0 Å². The van der Waals surface area contributed by atoms with Gasteiger partial charge in [-0.3, -0.25) is 0 Å². The van der Waals surface area contributed by atoms with Crippen molar-refractivity contribution in [3.05, 3.63) is 108 Å². The van der Waals surface area contributed by atoms with Crippen molar-refractivity contribution < 1.29 is 9.47 Å². The first-order chi connectivity index (χ1) is 13.8. The van der Waals surface area contributed by atoms with Gasteiger partial charge in [0.1, 0.15) is 12.4 Å². The SMILES string of the molecule is CCC[C@H](/C=C/c1ccc(OCc2ccccc2)cc1)OCc1ccccc1. The Labute approximate surface area is 168 Å². The lowest BCUT2D eigenvalue weighted by Crippen LogP contribution is -2.09. The van der Waals surface area contributed by atoms with Crippen LogP contribution in [0.3, 0.4) is 0 Å². The van der Waals surface area contributed by atoms with Crippen LogP contribution in [0.25, 0.3) is 6.08 Å². The summed E-state index contributed by atoms with van der Waals surface area (Å²) < 4.78 is 11.9. The van der Waals surface area contributed by atoms with Gasteiger partial charge in [-0.15, -0.1) is 0 Å². The zero-order chi connectivity index (χ0) is 19.4. The van der Waals surface area contributed by atoms with E-state index in [0.717, 1.165) is 24.2 Å². The number of rotatable bonds is 10. The predicted octanol–water partition coefficient (Wildman–Crippen LogP) is 6.66. The summed E-state index contributed by atoms with van der Waals surface area (Å²) in [7, 11) is 0. The van der Waals surface area contributed by atoms with Gasteiger partial charge < -0.3 is 9.47 Å². The Morgan fingerprint density at radius 3 is 1.96 bits per heavy atom. The van der Waals surface area contributed by atoms with Crippen LogP contribution >= 0.6 is 0 Å². The maximum Gasteiger partial charge on any atom is 0.119 e. The number of hydrogen-bond donors (Lipinski definition) is 0. The third-order valence-corrected chi connectivity index (χ3v) is 4.51. The maximum atomic E-state index is 6.09. The molecule has 144 valence electrons. The highest BCUT2D eigenvalue weighted by Gasteiger charge is 2.04. The summed E-state index contributed by atoms with van der Waals surface area (Å²) in [5.74, 6) is 0.881. The van der Waals surface area contributed by atoms with Gasteiger partial charge in [-0.2, -0.15) is 0 Å². The van der Waals surface area contributed by atoms with Crippen molar-refractivity contribution in [2.75, 3.05) is 0 Å². The lowest BCUT2D eigenvalue weighted by atomic mass is 10.1. The summed E-state index contributed by atoms with van der Waals surface area (Å²) in [6.07, 6.45) is 6.52. The van der Waals surface area contributed by atoms with Crippen molar-refractivity contribution in [2.45, 2.75) is 39.1 Å². The molecule has 0 saturated heterocycles. The Morgan fingerprint density at radius 2 is 1.36 bits per heavy atom. The average molecular weight is 373 g/mol. The van der Waals surface area contributed by atoms with Gasteiger partial charge in [0.15, 0.2) is 0 Å². The smallest absolute Gasteiger partial charge is 0.119 e. The normalized spacial score (nSPS) is 12.2. The van der Waals surface area contributed by atoms with Gasteiger partial charge in [0.05, 0.1) is 12.7 Å². The van der Waals surface area contributed by atoms with Gasteiger partial charge in [-0.1, -0.05) is 98.3 Å². The van der Waals surface area contributed by atoms with Crippen molar-refractivity contribution in [2.24, 2.45) is 0 Å². The van der Waals surface area contributed by atoms with E-state index in [0.29, 0.717) is 13.2 Å². The van der Waals surface area contributed by atoms with Gasteiger partial charge in [0, 0.05) is 0 Å². The largest absolute Gasteiger partial charge is 0.489 e. The average Bonchev–Trinajstić information content (AvgIpc) is 2.76.